The smallest absolute Gasteiger partial charge is 0.333 e. The molecular weight excluding hydrogens is 366 g/mol. The van der Waals surface area contributed by atoms with Gasteiger partial charge in [0.05, 0.1) is 19.0 Å². The standard InChI is InChI=1S/C18H15F4N3O2/c1-27-16-8-23-15(17(19)20)7-13(16)12-6-10(2-3-11(12)9-26)14-4-5-25(24-14)18(21)22/h2-6,8-9,15,17-18H,7H2,1H3. The number of alkyl halides is 4. The fourth-order valence-electron chi connectivity index (χ4n) is 2.86. The lowest BCUT2D eigenvalue weighted by atomic mass is 9.90. The molecule has 1 aliphatic heterocycles. The molecule has 0 N–H and O–H groups in total. The van der Waals surface area contributed by atoms with Gasteiger partial charge in [0.2, 0.25) is 0 Å². The Labute approximate surface area is 152 Å². The molecule has 9 heteroatoms. The van der Waals surface area contributed by atoms with Gasteiger partial charge in [0.1, 0.15) is 11.8 Å². The van der Waals surface area contributed by atoms with E-state index in [1.54, 1.807) is 12.1 Å². The third-order valence-electron chi connectivity index (χ3n) is 4.21. The summed E-state index contributed by atoms with van der Waals surface area (Å²) in [5.41, 5.74) is 1.77. The highest BCUT2D eigenvalue weighted by Gasteiger charge is 2.28. The van der Waals surface area contributed by atoms with Crippen molar-refractivity contribution in [3.8, 4) is 11.3 Å². The fraction of sp³-hybridized carbons (Fsp3) is 0.278. The number of methoxy groups -OCH3 is 1. The molecule has 1 aromatic carbocycles. The molecule has 0 bridgehead atoms. The molecule has 27 heavy (non-hydrogen) atoms. The minimum absolute atomic E-state index is 0.118. The molecule has 1 unspecified atom stereocenters. The summed E-state index contributed by atoms with van der Waals surface area (Å²) in [5.74, 6) is 0.269. The molecule has 0 fully saturated rings. The maximum atomic E-state index is 13.1. The van der Waals surface area contributed by atoms with Crippen molar-refractivity contribution in [3.63, 3.8) is 0 Å². The Bertz CT molecular complexity index is 906. The van der Waals surface area contributed by atoms with Gasteiger partial charge in [-0.15, -0.1) is 0 Å². The highest BCUT2D eigenvalue weighted by atomic mass is 19.3. The van der Waals surface area contributed by atoms with Crippen LogP contribution in [0.1, 0.15) is 28.9 Å². The second kappa shape index (κ2) is 7.73. The normalized spacial score (nSPS) is 17.1. The lowest BCUT2D eigenvalue weighted by Crippen LogP contribution is -2.21. The second-order valence-electron chi connectivity index (χ2n) is 5.81. The van der Waals surface area contributed by atoms with Crippen LogP contribution in [0.15, 0.2) is 41.2 Å². The van der Waals surface area contributed by atoms with Crippen LogP contribution >= 0.6 is 0 Å². The van der Waals surface area contributed by atoms with Gasteiger partial charge in [0, 0.05) is 29.3 Å². The average Bonchev–Trinajstić information content (AvgIpc) is 3.17. The van der Waals surface area contributed by atoms with Crippen LogP contribution in [0.25, 0.3) is 16.8 Å². The molecule has 1 atom stereocenters. The van der Waals surface area contributed by atoms with Crippen molar-refractivity contribution in [3.05, 3.63) is 47.3 Å². The molecule has 0 radical (unpaired) electrons. The number of hydrogen-bond acceptors (Lipinski definition) is 4. The van der Waals surface area contributed by atoms with Crippen molar-refractivity contribution in [1.82, 2.24) is 9.78 Å². The second-order valence-corrected chi connectivity index (χ2v) is 5.81. The van der Waals surface area contributed by atoms with E-state index >= 15 is 0 Å². The van der Waals surface area contributed by atoms with Gasteiger partial charge in [0.25, 0.3) is 6.43 Å². The van der Waals surface area contributed by atoms with E-state index in [4.69, 9.17) is 4.74 Å². The number of carbonyl (C=O) groups is 1. The number of aromatic nitrogens is 2. The summed E-state index contributed by atoms with van der Waals surface area (Å²) in [6, 6.07) is 4.75. The first-order valence-electron chi connectivity index (χ1n) is 7.96. The topological polar surface area (TPSA) is 56.5 Å². The molecule has 2 aromatic rings. The highest BCUT2D eigenvalue weighted by Crippen LogP contribution is 2.34. The number of nitrogens with zero attached hydrogens (tertiary/aromatic N) is 3. The number of rotatable bonds is 6. The van der Waals surface area contributed by atoms with E-state index in [0.29, 0.717) is 27.7 Å². The molecule has 2 heterocycles. The van der Waals surface area contributed by atoms with Gasteiger partial charge in [-0.25, -0.2) is 13.5 Å². The number of halogens is 4. The summed E-state index contributed by atoms with van der Waals surface area (Å²) in [6.45, 7) is -2.78. The van der Waals surface area contributed by atoms with Gasteiger partial charge in [-0.3, -0.25) is 9.79 Å². The minimum atomic E-state index is -2.78. The quantitative estimate of drug-likeness (QED) is 0.556. The molecule has 1 aromatic heterocycles. The Balaban J connectivity index is 2.09. The number of ether oxygens (including phenoxy) is 1. The lowest BCUT2D eigenvalue weighted by molar-refractivity contribution is 0.0568. The molecular formula is C18H15F4N3O2. The van der Waals surface area contributed by atoms with Gasteiger partial charge >= 0.3 is 6.55 Å². The zero-order valence-corrected chi connectivity index (χ0v) is 14.2. The number of hydrogen-bond donors (Lipinski definition) is 0. The Hall–Kier alpha value is -2.97. The minimum Gasteiger partial charge on any atom is -0.495 e. The summed E-state index contributed by atoms with van der Waals surface area (Å²) in [4.78, 5) is 15.2. The van der Waals surface area contributed by atoms with E-state index in [0.717, 1.165) is 6.20 Å². The predicted molar refractivity (Wildman–Crippen MR) is 91.1 cm³/mol. The number of allylic oxidation sites excluding steroid dienone is 1. The van der Waals surface area contributed by atoms with Gasteiger partial charge in [-0.1, -0.05) is 12.1 Å². The summed E-state index contributed by atoms with van der Waals surface area (Å²) in [7, 11) is 1.37. The molecule has 3 rings (SSSR count). The number of aliphatic imine (C=N–C) groups is 1. The van der Waals surface area contributed by atoms with E-state index in [1.165, 1.54) is 25.5 Å². The molecule has 0 amide bonds. The van der Waals surface area contributed by atoms with E-state index < -0.39 is 19.0 Å². The molecule has 0 saturated heterocycles. The van der Waals surface area contributed by atoms with Gasteiger partial charge in [-0.2, -0.15) is 13.9 Å². The van der Waals surface area contributed by atoms with E-state index in [9.17, 15) is 22.4 Å². The van der Waals surface area contributed by atoms with Crippen LogP contribution in [-0.4, -0.2) is 41.9 Å². The number of aldehydes is 1. The molecule has 0 saturated carbocycles. The van der Waals surface area contributed by atoms with Crippen LogP contribution in [0, 0.1) is 0 Å². The van der Waals surface area contributed by atoms with Gasteiger partial charge in [0.15, 0.2) is 6.29 Å². The average molecular weight is 381 g/mol. The molecule has 0 spiro atoms. The van der Waals surface area contributed by atoms with E-state index in [-0.39, 0.29) is 23.4 Å². The van der Waals surface area contributed by atoms with Crippen molar-refractivity contribution >= 4 is 18.1 Å². The number of carbonyl (C=O) groups excluding carboxylic acids is 1. The third-order valence-corrected chi connectivity index (χ3v) is 4.21. The molecule has 142 valence electrons. The van der Waals surface area contributed by atoms with Crippen LogP contribution < -0.4 is 0 Å². The van der Waals surface area contributed by atoms with E-state index in [2.05, 4.69) is 10.1 Å². The van der Waals surface area contributed by atoms with Crippen molar-refractivity contribution in [2.45, 2.75) is 25.4 Å². The van der Waals surface area contributed by atoms with Crippen molar-refractivity contribution in [2.24, 2.45) is 4.99 Å². The molecule has 1 aliphatic rings. The highest BCUT2D eigenvalue weighted by molar-refractivity contribution is 5.96. The van der Waals surface area contributed by atoms with Crippen LogP contribution in [0.5, 0.6) is 0 Å². The zero-order valence-electron chi connectivity index (χ0n) is 14.2. The van der Waals surface area contributed by atoms with Crippen LogP contribution in [-0.2, 0) is 4.74 Å². The molecule has 0 aliphatic carbocycles. The lowest BCUT2D eigenvalue weighted by Gasteiger charge is -2.22. The van der Waals surface area contributed by atoms with Crippen LogP contribution in [0.2, 0.25) is 0 Å². The Morgan fingerprint density at radius 1 is 1.26 bits per heavy atom. The Morgan fingerprint density at radius 2 is 2.04 bits per heavy atom. The summed E-state index contributed by atoms with van der Waals surface area (Å²) >= 11 is 0. The van der Waals surface area contributed by atoms with Gasteiger partial charge < -0.3 is 4.74 Å². The van der Waals surface area contributed by atoms with Crippen molar-refractivity contribution in [2.75, 3.05) is 7.11 Å². The first kappa shape index (κ1) is 18.8. The monoisotopic (exact) mass is 381 g/mol. The van der Waals surface area contributed by atoms with Crippen LogP contribution in [0.4, 0.5) is 17.6 Å². The summed E-state index contributed by atoms with van der Waals surface area (Å²) in [6.07, 6.45) is 0.155. The Kier molecular flexibility index (Phi) is 5.38. The van der Waals surface area contributed by atoms with Crippen molar-refractivity contribution < 1.29 is 27.1 Å². The predicted octanol–water partition coefficient (Wildman–Crippen LogP) is 4.22. The maximum absolute atomic E-state index is 13.1. The largest absolute Gasteiger partial charge is 0.495 e. The Morgan fingerprint density at radius 3 is 2.63 bits per heavy atom. The first-order chi connectivity index (χ1) is 12.9. The summed E-state index contributed by atoms with van der Waals surface area (Å²) < 4.78 is 57.4. The number of dihydropyridines is 1. The third kappa shape index (κ3) is 3.76. The first-order valence-corrected chi connectivity index (χ1v) is 7.96. The summed E-state index contributed by atoms with van der Waals surface area (Å²) in [5, 5.41) is 3.79. The molecule has 5 nitrogen and oxygen atoms in total. The van der Waals surface area contributed by atoms with Crippen molar-refractivity contribution in [1.29, 1.82) is 0 Å². The van der Waals surface area contributed by atoms with Gasteiger partial charge in [-0.05, 0) is 17.7 Å². The number of benzene rings is 1. The maximum Gasteiger partial charge on any atom is 0.333 e. The van der Waals surface area contributed by atoms with Crippen LogP contribution in [0.3, 0.4) is 0 Å². The van der Waals surface area contributed by atoms with E-state index in [1.807, 2.05) is 0 Å². The fourth-order valence-corrected chi connectivity index (χ4v) is 2.86. The SMILES string of the molecule is COC1=C(c2cc(-c3ccn(C(F)F)n3)ccc2C=O)CC(C(F)F)N=C1. The zero-order chi connectivity index (χ0) is 19.6.